The summed E-state index contributed by atoms with van der Waals surface area (Å²) in [6.45, 7) is 10.8. The normalized spacial score (nSPS) is 19.4. The minimum Gasteiger partial charge on any atom is -0.379 e. The topological polar surface area (TPSA) is 21.3 Å². The van der Waals surface area contributed by atoms with E-state index in [1.54, 1.807) is 0 Å². The van der Waals surface area contributed by atoms with E-state index in [-0.39, 0.29) is 0 Å². The fourth-order valence-electron chi connectivity index (χ4n) is 2.78. The van der Waals surface area contributed by atoms with Gasteiger partial charge in [0.2, 0.25) is 0 Å². The Morgan fingerprint density at radius 3 is 2.29 bits per heavy atom. The van der Waals surface area contributed by atoms with Crippen LogP contribution in [0.3, 0.4) is 0 Å². The Balaban J connectivity index is 2.29. The summed E-state index contributed by atoms with van der Waals surface area (Å²) in [7, 11) is 0. The van der Waals surface area contributed by atoms with Gasteiger partial charge in [0, 0.05) is 12.6 Å². The SMILES string of the molecule is CC(C)NCC(CCOC(C)C)C1CCCC1. The van der Waals surface area contributed by atoms with Gasteiger partial charge in [-0.15, -0.1) is 0 Å². The van der Waals surface area contributed by atoms with Crippen molar-refractivity contribution >= 4 is 0 Å². The fraction of sp³-hybridized carbons (Fsp3) is 1.00. The van der Waals surface area contributed by atoms with Crippen LogP contribution in [-0.4, -0.2) is 25.3 Å². The molecule has 17 heavy (non-hydrogen) atoms. The highest BCUT2D eigenvalue weighted by Crippen LogP contribution is 2.32. The van der Waals surface area contributed by atoms with Crippen molar-refractivity contribution in [2.24, 2.45) is 11.8 Å². The van der Waals surface area contributed by atoms with Gasteiger partial charge in [0.25, 0.3) is 0 Å². The summed E-state index contributed by atoms with van der Waals surface area (Å²) in [6.07, 6.45) is 7.35. The van der Waals surface area contributed by atoms with Crippen molar-refractivity contribution in [3.8, 4) is 0 Å². The van der Waals surface area contributed by atoms with Crippen LogP contribution in [0.15, 0.2) is 0 Å². The van der Waals surface area contributed by atoms with Crippen molar-refractivity contribution in [1.82, 2.24) is 5.32 Å². The highest BCUT2D eigenvalue weighted by Gasteiger charge is 2.24. The lowest BCUT2D eigenvalue weighted by Gasteiger charge is -2.25. The molecule has 1 fully saturated rings. The second-order valence-corrected chi connectivity index (χ2v) is 6.08. The fourth-order valence-corrected chi connectivity index (χ4v) is 2.78. The Kier molecular flexibility index (Phi) is 7.14. The average Bonchev–Trinajstić information content (AvgIpc) is 2.75. The van der Waals surface area contributed by atoms with E-state index in [1.165, 1.54) is 38.6 Å². The van der Waals surface area contributed by atoms with Gasteiger partial charge >= 0.3 is 0 Å². The largest absolute Gasteiger partial charge is 0.379 e. The molecule has 0 bridgehead atoms. The first-order chi connectivity index (χ1) is 8.09. The molecule has 1 N–H and O–H groups in total. The minimum atomic E-state index is 0.372. The third-order valence-corrected chi connectivity index (χ3v) is 3.79. The number of ether oxygens (including phenoxy) is 1. The molecule has 0 heterocycles. The first-order valence-electron chi connectivity index (χ1n) is 7.44. The van der Waals surface area contributed by atoms with Crippen LogP contribution in [0.2, 0.25) is 0 Å². The molecule has 0 amide bonds. The molecule has 0 radical (unpaired) electrons. The Hall–Kier alpha value is -0.0800. The van der Waals surface area contributed by atoms with Crippen molar-refractivity contribution in [1.29, 1.82) is 0 Å². The van der Waals surface area contributed by atoms with E-state index in [4.69, 9.17) is 4.74 Å². The molecule has 1 atom stereocenters. The molecule has 0 saturated heterocycles. The van der Waals surface area contributed by atoms with Gasteiger partial charge in [-0.05, 0) is 38.6 Å². The van der Waals surface area contributed by atoms with Gasteiger partial charge < -0.3 is 10.1 Å². The summed E-state index contributed by atoms with van der Waals surface area (Å²) in [5, 5.41) is 3.61. The number of hydrogen-bond acceptors (Lipinski definition) is 2. The predicted molar refractivity (Wildman–Crippen MR) is 74.3 cm³/mol. The molecular weight excluding hydrogens is 210 g/mol. The van der Waals surface area contributed by atoms with Crippen LogP contribution in [0, 0.1) is 11.8 Å². The van der Waals surface area contributed by atoms with Crippen molar-refractivity contribution in [2.75, 3.05) is 13.2 Å². The molecule has 0 aliphatic heterocycles. The molecule has 0 spiro atoms. The Bertz CT molecular complexity index is 185. The Morgan fingerprint density at radius 2 is 1.76 bits per heavy atom. The monoisotopic (exact) mass is 241 g/mol. The predicted octanol–water partition coefficient (Wildman–Crippen LogP) is 3.61. The van der Waals surface area contributed by atoms with E-state index in [2.05, 4.69) is 33.0 Å². The summed E-state index contributed by atoms with van der Waals surface area (Å²) in [5.41, 5.74) is 0. The van der Waals surface area contributed by atoms with Crippen molar-refractivity contribution in [3.05, 3.63) is 0 Å². The summed E-state index contributed by atoms with van der Waals surface area (Å²) < 4.78 is 5.71. The van der Waals surface area contributed by atoms with Crippen LogP contribution in [0.5, 0.6) is 0 Å². The molecule has 2 nitrogen and oxygen atoms in total. The Morgan fingerprint density at radius 1 is 1.12 bits per heavy atom. The van der Waals surface area contributed by atoms with Gasteiger partial charge in [0.05, 0.1) is 6.10 Å². The molecule has 1 saturated carbocycles. The summed E-state index contributed by atoms with van der Waals surface area (Å²) in [4.78, 5) is 0. The van der Waals surface area contributed by atoms with E-state index >= 15 is 0 Å². The molecule has 1 aliphatic rings. The van der Waals surface area contributed by atoms with E-state index in [0.717, 1.165) is 18.4 Å². The molecule has 102 valence electrons. The van der Waals surface area contributed by atoms with Crippen molar-refractivity contribution in [2.45, 2.75) is 71.9 Å². The number of hydrogen-bond donors (Lipinski definition) is 1. The highest BCUT2D eigenvalue weighted by atomic mass is 16.5. The van der Waals surface area contributed by atoms with Crippen LogP contribution in [0.4, 0.5) is 0 Å². The van der Waals surface area contributed by atoms with Gasteiger partial charge in [0.15, 0.2) is 0 Å². The molecule has 1 unspecified atom stereocenters. The van der Waals surface area contributed by atoms with E-state index in [1.807, 2.05) is 0 Å². The standard InChI is InChI=1S/C15H31NO/c1-12(2)16-11-15(9-10-17-13(3)4)14-7-5-6-8-14/h12-16H,5-11H2,1-4H3. The first-order valence-corrected chi connectivity index (χ1v) is 7.44. The average molecular weight is 241 g/mol. The first kappa shape index (κ1) is 15.0. The van der Waals surface area contributed by atoms with Crippen molar-refractivity contribution in [3.63, 3.8) is 0 Å². The summed E-state index contributed by atoms with van der Waals surface area (Å²) >= 11 is 0. The summed E-state index contributed by atoms with van der Waals surface area (Å²) in [5.74, 6) is 1.76. The molecule has 0 aromatic heterocycles. The second-order valence-electron chi connectivity index (χ2n) is 6.08. The zero-order valence-electron chi connectivity index (χ0n) is 12.2. The maximum atomic E-state index is 5.71. The summed E-state index contributed by atoms with van der Waals surface area (Å²) in [6, 6.07) is 0.602. The second kappa shape index (κ2) is 8.10. The van der Waals surface area contributed by atoms with Gasteiger partial charge in [-0.3, -0.25) is 0 Å². The zero-order valence-corrected chi connectivity index (χ0v) is 12.2. The molecule has 2 heteroatoms. The van der Waals surface area contributed by atoms with Gasteiger partial charge in [-0.25, -0.2) is 0 Å². The van der Waals surface area contributed by atoms with E-state index in [9.17, 15) is 0 Å². The number of nitrogens with one attached hydrogen (secondary N) is 1. The van der Waals surface area contributed by atoms with Crippen LogP contribution in [-0.2, 0) is 4.74 Å². The Labute approximate surface area is 108 Å². The van der Waals surface area contributed by atoms with Crippen LogP contribution < -0.4 is 5.32 Å². The zero-order chi connectivity index (χ0) is 12.7. The molecule has 1 aliphatic carbocycles. The van der Waals surface area contributed by atoms with Crippen LogP contribution in [0.1, 0.15) is 59.8 Å². The van der Waals surface area contributed by atoms with Gasteiger partial charge in [-0.2, -0.15) is 0 Å². The third kappa shape index (κ3) is 6.42. The van der Waals surface area contributed by atoms with Gasteiger partial charge in [0.1, 0.15) is 0 Å². The van der Waals surface area contributed by atoms with Crippen LogP contribution >= 0.6 is 0 Å². The number of rotatable bonds is 8. The van der Waals surface area contributed by atoms with E-state index in [0.29, 0.717) is 12.1 Å². The third-order valence-electron chi connectivity index (χ3n) is 3.79. The molecular formula is C15H31NO. The van der Waals surface area contributed by atoms with Crippen LogP contribution in [0.25, 0.3) is 0 Å². The molecule has 1 rings (SSSR count). The minimum absolute atomic E-state index is 0.372. The smallest absolute Gasteiger partial charge is 0.0518 e. The maximum absolute atomic E-state index is 5.71. The highest BCUT2D eigenvalue weighted by molar-refractivity contribution is 4.77. The van der Waals surface area contributed by atoms with Crippen molar-refractivity contribution < 1.29 is 4.74 Å². The lowest BCUT2D eigenvalue weighted by molar-refractivity contribution is 0.0621. The lowest BCUT2D eigenvalue weighted by atomic mass is 9.88. The maximum Gasteiger partial charge on any atom is 0.0518 e. The molecule has 0 aromatic rings. The quantitative estimate of drug-likeness (QED) is 0.701. The van der Waals surface area contributed by atoms with Gasteiger partial charge in [-0.1, -0.05) is 39.5 Å². The molecule has 0 aromatic carbocycles. The lowest BCUT2D eigenvalue weighted by Crippen LogP contribution is -2.32. The van der Waals surface area contributed by atoms with E-state index < -0.39 is 0 Å².